The number of benzene rings is 1. The van der Waals surface area contributed by atoms with Gasteiger partial charge in [-0.2, -0.15) is 0 Å². The maximum atomic E-state index is 6.15. The van der Waals surface area contributed by atoms with Crippen LogP contribution in [0.25, 0.3) is 0 Å². The normalized spacial score (nSPS) is 24.1. The fraction of sp³-hybridized carbons (Fsp3) is 0.571. The summed E-state index contributed by atoms with van der Waals surface area (Å²) in [5.41, 5.74) is 9.13. The van der Waals surface area contributed by atoms with Crippen LogP contribution in [0.2, 0.25) is 0 Å². The molecule has 0 spiro atoms. The summed E-state index contributed by atoms with van der Waals surface area (Å²) in [6.45, 7) is 7.56. The molecule has 0 aromatic heterocycles. The standard InChI is InChI=1S/C14H22N2/c1-10-4-6-11(7-5-10)12(15)9-16-13-8-14(13,2)3/h4-7,12-13,16H,8-9,15H2,1-3H3. The SMILES string of the molecule is Cc1ccc(C(N)CNC2CC2(C)C)cc1. The predicted molar refractivity (Wildman–Crippen MR) is 68.3 cm³/mol. The Morgan fingerprint density at radius 3 is 2.44 bits per heavy atom. The maximum absolute atomic E-state index is 6.15. The molecule has 1 aromatic carbocycles. The summed E-state index contributed by atoms with van der Waals surface area (Å²) < 4.78 is 0. The molecule has 1 saturated carbocycles. The van der Waals surface area contributed by atoms with E-state index in [0.29, 0.717) is 11.5 Å². The fourth-order valence-corrected chi connectivity index (χ4v) is 2.02. The summed E-state index contributed by atoms with van der Waals surface area (Å²) in [4.78, 5) is 0. The summed E-state index contributed by atoms with van der Waals surface area (Å²) in [6, 6.07) is 9.26. The zero-order valence-corrected chi connectivity index (χ0v) is 10.5. The Morgan fingerprint density at radius 1 is 1.38 bits per heavy atom. The monoisotopic (exact) mass is 218 g/mol. The van der Waals surface area contributed by atoms with Gasteiger partial charge in [0, 0.05) is 18.6 Å². The zero-order valence-electron chi connectivity index (χ0n) is 10.5. The van der Waals surface area contributed by atoms with Crippen LogP contribution in [0.15, 0.2) is 24.3 Å². The third-order valence-corrected chi connectivity index (χ3v) is 3.60. The van der Waals surface area contributed by atoms with Crippen molar-refractivity contribution in [1.82, 2.24) is 5.32 Å². The van der Waals surface area contributed by atoms with E-state index in [2.05, 4.69) is 50.4 Å². The van der Waals surface area contributed by atoms with Crippen LogP contribution in [0.3, 0.4) is 0 Å². The lowest BCUT2D eigenvalue weighted by Crippen LogP contribution is -2.30. The molecule has 0 amide bonds. The number of nitrogens with two attached hydrogens (primary N) is 1. The first-order valence-corrected chi connectivity index (χ1v) is 6.04. The van der Waals surface area contributed by atoms with E-state index in [1.54, 1.807) is 0 Å². The number of aryl methyl sites for hydroxylation is 1. The van der Waals surface area contributed by atoms with E-state index in [4.69, 9.17) is 5.73 Å². The van der Waals surface area contributed by atoms with E-state index in [-0.39, 0.29) is 6.04 Å². The quantitative estimate of drug-likeness (QED) is 0.814. The summed E-state index contributed by atoms with van der Waals surface area (Å²) in [7, 11) is 0. The van der Waals surface area contributed by atoms with Gasteiger partial charge in [-0.3, -0.25) is 0 Å². The number of hydrogen-bond acceptors (Lipinski definition) is 2. The van der Waals surface area contributed by atoms with Crippen molar-refractivity contribution in [3.8, 4) is 0 Å². The Morgan fingerprint density at radius 2 is 1.94 bits per heavy atom. The van der Waals surface area contributed by atoms with Crippen LogP contribution in [-0.2, 0) is 0 Å². The minimum Gasteiger partial charge on any atom is -0.323 e. The van der Waals surface area contributed by atoms with Crippen LogP contribution in [0.5, 0.6) is 0 Å². The lowest BCUT2D eigenvalue weighted by atomic mass is 10.1. The van der Waals surface area contributed by atoms with Crippen LogP contribution in [0.4, 0.5) is 0 Å². The first-order valence-electron chi connectivity index (χ1n) is 6.04. The molecule has 2 atom stereocenters. The topological polar surface area (TPSA) is 38.0 Å². The van der Waals surface area contributed by atoms with Gasteiger partial charge in [0.05, 0.1) is 0 Å². The molecule has 3 N–H and O–H groups in total. The average molecular weight is 218 g/mol. The van der Waals surface area contributed by atoms with E-state index in [9.17, 15) is 0 Å². The number of nitrogens with one attached hydrogen (secondary N) is 1. The Hall–Kier alpha value is -0.860. The smallest absolute Gasteiger partial charge is 0.0421 e. The second-order valence-corrected chi connectivity index (χ2v) is 5.67. The first kappa shape index (κ1) is 11.6. The highest BCUT2D eigenvalue weighted by atomic mass is 15.0. The third-order valence-electron chi connectivity index (χ3n) is 3.60. The van der Waals surface area contributed by atoms with Crippen LogP contribution in [0, 0.1) is 12.3 Å². The van der Waals surface area contributed by atoms with Crippen molar-refractivity contribution in [2.75, 3.05) is 6.54 Å². The highest BCUT2D eigenvalue weighted by Crippen LogP contribution is 2.44. The van der Waals surface area contributed by atoms with Crippen molar-refractivity contribution in [3.63, 3.8) is 0 Å². The molecule has 2 unspecified atom stereocenters. The van der Waals surface area contributed by atoms with Crippen LogP contribution < -0.4 is 11.1 Å². The Kier molecular flexibility index (Phi) is 3.04. The molecule has 0 saturated heterocycles. The highest BCUT2D eigenvalue weighted by molar-refractivity contribution is 5.24. The van der Waals surface area contributed by atoms with Crippen LogP contribution in [-0.4, -0.2) is 12.6 Å². The van der Waals surface area contributed by atoms with Gasteiger partial charge in [0.1, 0.15) is 0 Å². The molecule has 2 rings (SSSR count). The van der Waals surface area contributed by atoms with Gasteiger partial charge in [-0.05, 0) is 24.3 Å². The molecule has 0 radical (unpaired) electrons. The first-order chi connectivity index (χ1) is 7.49. The van der Waals surface area contributed by atoms with Gasteiger partial charge in [0.2, 0.25) is 0 Å². The lowest BCUT2D eigenvalue weighted by Gasteiger charge is -2.14. The molecule has 1 fully saturated rings. The number of hydrogen-bond donors (Lipinski definition) is 2. The van der Waals surface area contributed by atoms with Crippen LogP contribution >= 0.6 is 0 Å². The molecular weight excluding hydrogens is 196 g/mol. The predicted octanol–water partition coefficient (Wildman–Crippen LogP) is 2.38. The molecule has 0 heterocycles. The molecule has 1 aliphatic carbocycles. The van der Waals surface area contributed by atoms with E-state index < -0.39 is 0 Å². The van der Waals surface area contributed by atoms with Crippen molar-refractivity contribution < 1.29 is 0 Å². The van der Waals surface area contributed by atoms with Crippen molar-refractivity contribution >= 4 is 0 Å². The molecule has 88 valence electrons. The van der Waals surface area contributed by atoms with Crippen molar-refractivity contribution in [3.05, 3.63) is 35.4 Å². The molecule has 2 nitrogen and oxygen atoms in total. The average Bonchev–Trinajstić information content (AvgIpc) is 2.84. The van der Waals surface area contributed by atoms with Gasteiger partial charge in [-0.15, -0.1) is 0 Å². The van der Waals surface area contributed by atoms with Gasteiger partial charge in [0.25, 0.3) is 0 Å². The van der Waals surface area contributed by atoms with E-state index in [0.717, 1.165) is 6.54 Å². The van der Waals surface area contributed by atoms with Gasteiger partial charge in [-0.25, -0.2) is 0 Å². The molecule has 16 heavy (non-hydrogen) atoms. The highest BCUT2D eigenvalue weighted by Gasteiger charge is 2.45. The third kappa shape index (κ3) is 2.63. The van der Waals surface area contributed by atoms with Gasteiger partial charge in [-0.1, -0.05) is 43.7 Å². The minimum atomic E-state index is 0.108. The van der Waals surface area contributed by atoms with Gasteiger partial charge >= 0.3 is 0 Å². The zero-order chi connectivity index (χ0) is 11.8. The maximum Gasteiger partial charge on any atom is 0.0421 e. The molecule has 1 aliphatic rings. The van der Waals surface area contributed by atoms with Gasteiger partial charge in [0.15, 0.2) is 0 Å². The summed E-state index contributed by atoms with van der Waals surface area (Å²) in [5.74, 6) is 0. The molecule has 1 aromatic rings. The lowest BCUT2D eigenvalue weighted by molar-refractivity contribution is 0.516. The minimum absolute atomic E-state index is 0.108. The largest absolute Gasteiger partial charge is 0.323 e. The van der Waals surface area contributed by atoms with Crippen molar-refractivity contribution in [2.24, 2.45) is 11.1 Å². The van der Waals surface area contributed by atoms with Crippen molar-refractivity contribution in [1.29, 1.82) is 0 Å². The molecule has 2 heteroatoms. The fourth-order valence-electron chi connectivity index (χ4n) is 2.02. The second-order valence-electron chi connectivity index (χ2n) is 5.67. The van der Waals surface area contributed by atoms with Gasteiger partial charge < -0.3 is 11.1 Å². The second kappa shape index (κ2) is 4.19. The molecular formula is C14H22N2. The molecule has 0 bridgehead atoms. The van der Waals surface area contributed by atoms with Crippen LogP contribution in [0.1, 0.15) is 37.4 Å². The Labute approximate surface area is 98.2 Å². The Bertz CT molecular complexity index is 354. The summed E-state index contributed by atoms with van der Waals surface area (Å²) in [5, 5.41) is 3.53. The van der Waals surface area contributed by atoms with Crippen molar-refractivity contribution in [2.45, 2.75) is 39.3 Å². The summed E-state index contributed by atoms with van der Waals surface area (Å²) in [6.07, 6.45) is 1.27. The molecule has 0 aliphatic heterocycles. The van der Waals surface area contributed by atoms with E-state index in [1.807, 2.05) is 0 Å². The van der Waals surface area contributed by atoms with E-state index in [1.165, 1.54) is 17.5 Å². The Balaban J connectivity index is 1.84. The number of rotatable bonds is 4. The summed E-state index contributed by atoms with van der Waals surface area (Å²) >= 11 is 0. The van der Waals surface area contributed by atoms with E-state index >= 15 is 0 Å².